The highest BCUT2D eigenvalue weighted by molar-refractivity contribution is 5.95. The van der Waals surface area contributed by atoms with Crippen molar-refractivity contribution >= 4 is 17.3 Å². The van der Waals surface area contributed by atoms with Gasteiger partial charge in [-0.1, -0.05) is 0 Å². The maximum absolute atomic E-state index is 11.8. The van der Waals surface area contributed by atoms with Gasteiger partial charge in [0.1, 0.15) is 0 Å². The number of benzene rings is 1. The Morgan fingerprint density at radius 3 is 2.68 bits per heavy atom. The van der Waals surface area contributed by atoms with E-state index < -0.39 is 0 Å². The first-order chi connectivity index (χ1) is 9.06. The average molecular weight is 265 g/mol. The molecule has 1 aromatic rings. The summed E-state index contributed by atoms with van der Waals surface area (Å²) in [6, 6.07) is 5.35. The van der Waals surface area contributed by atoms with E-state index in [-0.39, 0.29) is 5.91 Å². The van der Waals surface area contributed by atoms with E-state index in [0.29, 0.717) is 11.3 Å². The molecule has 0 aliphatic rings. The third-order valence-corrected chi connectivity index (χ3v) is 2.80. The van der Waals surface area contributed by atoms with Crippen LogP contribution in [0.25, 0.3) is 0 Å². The van der Waals surface area contributed by atoms with Crippen molar-refractivity contribution in [2.75, 3.05) is 45.4 Å². The number of amides is 1. The number of unbranched alkanes of at least 4 members (excludes halogenated alkanes) is 1. The molecule has 106 valence electrons. The first kappa shape index (κ1) is 15.3. The molecule has 5 heteroatoms. The second-order valence-electron chi connectivity index (χ2n) is 4.63. The molecular weight excluding hydrogens is 242 g/mol. The van der Waals surface area contributed by atoms with E-state index in [9.17, 15) is 4.79 Å². The molecule has 0 saturated carbocycles. The van der Waals surface area contributed by atoms with E-state index >= 15 is 0 Å². The van der Waals surface area contributed by atoms with Crippen molar-refractivity contribution in [2.24, 2.45) is 0 Å². The Bertz CT molecular complexity index is 419. The molecule has 3 N–H and O–H groups in total. The highest BCUT2D eigenvalue weighted by atomic mass is 16.5. The van der Waals surface area contributed by atoms with Gasteiger partial charge in [0, 0.05) is 39.9 Å². The number of nitrogens with one attached hydrogen (secondary N) is 1. The van der Waals surface area contributed by atoms with Gasteiger partial charge in [0.2, 0.25) is 0 Å². The molecule has 5 nitrogen and oxygen atoms in total. The van der Waals surface area contributed by atoms with Crippen LogP contribution in [0, 0.1) is 0 Å². The van der Waals surface area contributed by atoms with Crippen LogP contribution in [0.4, 0.5) is 11.4 Å². The first-order valence-corrected chi connectivity index (χ1v) is 6.40. The van der Waals surface area contributed by atoms with E-state index in [1.807, 2.05) is 6.07 Å². The van der Waals surface area contributed by atoms with Gasteiger partial charge >= 0.3 is 0 Å². The Hall–Kier alpha value is -1.75. The number of ether oxygens (including phenoxy) is 1. The summed E-state index contributed by atoms with van der Waals surface area (Å²) >= 11 is 0. The molecule has 0 saturated heterocycles. The number of rotatable bonds is 7. The average Bonchev–Trinajstić information content (AvgIpc) is 2.39. The lowest BCUT2D eigenvalue weighted by molar-refractivity contribution is 0.0827. The Kier molecular flexibility index (Phi) is 6.15. The standard InChI is InChI=1S/C14H23N3O2/c1-17(2)14(18)11-6-7-13(12(15)10-11)16-8-4-5-9-19-3/h6-7,10,16H,4-5,8-9,15H2,1-3H3. The summed E-state index contributed by atoms with van der Waals surface area (Å²) in [7, 11) is 5.15. The Labute approximate surface area is 114 Å². The SMILES string of the molecule is COCCCCNc1ccc(C(=O)N(C)C)cc1N. The molecule has 0 atom stereocenters. The van der Waals surface area contributed by atoms with E-state index in [1.54, 1.807) is 33.3 Å². The van der Waals surface area contributed by atoms with Crippen LogP contribution in [0.15, 0.2) is 18.2 Å². The number of nitrogens with zero attached hydrogens (tertiary/aromatic N) is 1. The Morgan fingerprint density at radius 1 is 1.37 bits per heavy atom. The van der Waals surface area contributed by atoms with Gasteiger partial charge in [-0.2, -0.15) is 0 Å². The fourth-order valence-corrected chi connectivity index (χ4v) is 1.71. The van der Waals surface area contributed by atoms with Gasteiger partial charge in [0.15, 0.2) is 0 Å². The Morgan fingerprint density at radius 2 is 2.11 bits per heavy atom. The summed E-state index contributed by atoms with van der Waals surface area (Å²) < 4.78 is 4.99. The molecule has 1 aromatic carbocycles. The lowest BCUT2D eigenvalue weighted by atomic mass is 10.1. The van der Waals surface area contributed by atoms with Crippen molar-refractivity contribution in [2.45, 2.75) is 12.8 Å². The fraction of sp³-hybridized carbons (Fsp3) is 0.500. The van der Waals surface area contributed by atoms with Crippen LogP contribution in [0.5, 0.6) is 0 Å². The Balaban J connectivity index is 2.55. The summed E-state index contributed by atoms with van der Waals surface area (Å²) in [5.41, 5.74) is 8.01. The molecular formula is C14H23N3O2. The predicted molar refractivity (Wildman–Crippen MR) is 78.5 cm³/mol. The van der Waals surface area contributed by atoms with Gasteiger partial charge in [-0.25, -0.2) is 0 Å². The summed E-state index contributed by atoms with van der Waals surface area (Å²) in [6.45, 7) is 1.61. The summed E-state index contributed by atoms with van der Waals surface area (Å²) in [5.74, 6) is -0.0432. The molecule has 19 heavy (non-hydrogen) atoms. The van der Waals surface area contributed by atoms with Gasteiger partial charge < -0.3 is 20.7 Å². The maximum Gasteiger partial charge on any atom is 0.253 e. The molecule has 0 aliphatic heterocycles. The third kappa shape index (κ3) is 4.79. The lowest BCUT2D eigenvalue weighted by Gasteiger charge is -2.13. The smallest absolute Gasteiger partial charge is 0.253 e. The van der Waals surface area contributed by atoms with Crippen molar-refractivity contribution in [3.05, 3.63) is 23.8 Å². The summed E-state index contributed by atoms with van der Waals surface area (Å²) in [5, 5.41) is 3.26. The largest absolute Gasteiger partial charge is 0.397 e. The van der Waals surface area contributed by atoms with Gasteiger partial charge in [0.05, 0.1) is 11.4 Å². The van der Waals surface area contributed by atoms with Crippen LogP contribution >= 0.6 is 0 Å². The molecule has 0 unspecified atom stereocenters. The van der Waals surface area contributed by atoms with E-state index in [2.05, 4.69) is 5.32 Å². The molecule has 0 radical (unpaired) electrons. The van der Waals surface area contributed by atoms with Crippen LogP contribution in [-0.4, -0.2) is 45.2 Å². The maximum atomic E-state index is 11.8. The van der Waals surface area contributed by atoms with Gasteiger partial charge in [-0.3, -0.25) is 4.79 Å². The topological polar surface area (TPSA) is 67.6 Å². The minimum Gasteiger partial charge on any atom is -0.397 e. The monoisotopic (exact) mass is 265 g/mol. The van der Waals surface area contributed by atoms with Gasteiger partial charge in [-0.15, -0.1) is 0 Å². The van der Waals surface area contributed by atoms with Crippen molar-refractivity contribution < 1.29 is 9.53 Å². The minimum atomic E-state index is -0.0432. The summed E-state index contributed by atoms with van der Waals surface area (Å²) in [6.07, 6.45) is 2.03. The zero-order valence-electron chi connectivity index (χ0n) is 11.9. The van der Waals surface area contributed by atoms with Gasteiger partial charge in [0.25, 0.3) is 5.91 Å². The number of carbonyl (C=O) groups is 1. The molecule has 0 aliphatic carbocycles. The molecule has 1 rings (SSSR count). The summed E-state index contributed by atoms with van der Waals surface area (Å²) in [4.78, 5) is 13.3. The van der Waals surface area contributed by atoms with Crippen LogP contribution in [0.2, 0.25) is 0 Å². The number of hydrogen-bond donors (Lipinski definition) is 2. The number of hydrogen-bond acceptors (Lipinski definition) is 4. The van der Waals surface area contributed by atoms with E-state index in [0.717, 1.165) is 31.7 Å². The molecule has 0 bridgehead atoms. The number of nitrogen functional groups attached to an aromatic ring is 1. The number of nitrogens with two attached hydrogens (primary N) is 1. The van der Waals surface area contributed by atoms with Gasteiger partial charge in [-0.05, 0) is 31.0 Å². The number of methoxy groups -OCH3 is 1. The molecule has 0 fully saturated rings. The van der Waals surface area contributed by atoms with Crippen LogP contribution in [-0.2, 0) is 4.74 Å². The zero-order valence-corrected chi connectivity index (χ0v) is 11.9. The normalized spacial score (nSPS) is 10.3. The molecule has 0 aromatic heterocycles. The van der Waals surface area contributed by atoms with Crippen molar-refractivity contribution in [1.29, 1.82) is 0 Å². The van der Waals surface area contributed by atoms with Crippen LogP contribution < -0.4 is 11.1 Å². The molecule has 0 heterocycles. The lowest BCUT2D eigenvalue weighted by Crippen LogP contribution is -2.21. The van der Waals surface area contributed by atoms with Crippen molar-refractivity contribution in [3.63, 3.8) is 0 Å². The van der Waals surface area contributed by atoms with Crippen LogP contribution in [0.3, 0.4) is 0 Å². The van der Waals surface area contributed by atoms with Crippen molar-refractivity contribution in [3.8, 4) is 0 Å². The minimum absolute atomic E-state index is 0.0432. The third-order valence-electron chi connectivity index (χ3n) is 2.80. The zero-order chi connectivity index (χ0) is 14.3. The van der Waals surface area contributed by atoms with E-state index in [4.69, 9.17) is 10.5 Å². The second kappa shape index (κ2) is 7.63. The highest BCUT2D eigenvalue weighted by Gasteiger charge is 2.09. The first-order valence-electron chi connectivity index (χ1n) is 6.40. The number of carbonyl (C=O) groups excluding carboxylic acids is 1. The quantitative estimate of drug-likeness (QED) is 0.583. The second-order valence-corrected chi connectivity index (χ2v) is 4.63. The number of anilines is 2. The molecule has 0 spiro atoms. The van der Waals surface area contributed by atoms with Crippen LogP contribution in [0.1, 0.15) is 23.2 Å². The van der Waals surface area contributed by atoms with E-state index in [1.165, 1.54) is 4.90 Å². The fourth-order valence-electron chi connectivity index (χ4n) is 1.71. The predicted octanol–water partition coefficient (Wildman–Crippen LogP) is 1.81. The van der Waals surface area contributed by atoms with Crippen molar-refractivity contribution in [1.82, 2.24) is 4.90 Å². The highest BCUT2D eigenvalue weighted by Crippen LogP contribution is 2.20. The molecule has 1 amide bonds.